The van der Waals surface area contributed by atoms with Crippen molar-refractivity contribution in [2.24, 2.45) is 0 Å². The molecule has 126 valence electrons. The summed E-state index contributed by atoms with van der Waals surface area (Å²) in [5, 5.41) is 14.4. The monoisotopic (exact) mass is 359 g/mol. The zero-order chi connectivity index (χ0) is 17.7. The van der Waals surface area contributed by atoms with Gasteiger partial charge in [0.25, 0.3) is 0 Å². The summed E-state index contributed by atoms with van der Waals surface area (Å²) >= 11 is 6.44. The van der Waals surface area contributed by atoms with Crippen molar-refractivity contribution in [2.75, 3.05) is 0 Å². The normalized spacial score (nSPS) is 15.2. The van der Waals surface area contributed by atoms with Gasteiger partial charge in [0.1, 0.15) is 5.75 Å². The quantitative estimate of drug-likeness (QED) is 0.409. The molecule has 1 aliphatic heterocycles. The maximum atomic E-state index is 6.44. The summed E-state index contributed by atoms with van der Waals surface area (Å²) in [5.41, 5.74) is 4.16. The van der Waals surface area contributed by atoms with E-state index in [1.165, 1.54) is 5.56 Å². The van der Waals surface area contributed by atoms with Crippen LogP contribution in [-0.2, 0) is 0 Å². The van der Waals surface area contributed by atoms with Gasteiger partial charge in [0.05, 0.1) is 5.56 Å². The second kappa shape index (κ2) is 5.78. The average molecular weight is 360 g/mol. The molecule has 0 radical (unpaired) electrons. The Bertz CT molecular complexity index is 1140. The molecule has 2 heterocycles. The van der Waals surface area contributed by atoms with Crippen LogP contribution < -0.4 is 4.74 Å². The average Bonchev–Trinajstić information content (AvgIpc) is 2.67. The van der Waals surface area contributed by atoms with Gasteiger partial charge in [-0.05, 0) is 34.5 Å². The summed E-state index contributed by atoms with van der Waals surface area (Å²) in [6, 6.07) is 20.8. The van der Waals surface area contributed by atoms with E-state index in [1.54, 1.807) is 0 Å². The Morgan fingerprint density at radius 3 is 2.54 bits per heavy atom. The number of nitrogens with zero attached hydrogens (tertiary/aromatic N) is 3. The van der Waals surface area contributed by atoms with E-state index in [-0.39, 0.29) is 5.92 Å². The highest BCUT2D eigenvalue weighted by Crippen LogP contribution is 2.50. The van der Waals surface area contributed by atoms with Crippen LogP contribution in [0.2, 0.25) is 5.15 Å². The molecule has 3 aromatic carbocycles. The van der Waals surface area contributed by atoms with Gasteiger partial charge >= 0.3 is 0 Å². The molecular formula is C21H14ClN3O. The summed E-state index contributed by atoms with van der Waals surface area (Å²) in [5.74, 6) is 1.08. The van der Waals surface area contributed by atoms with Gasteiger partial charge in [-0.15, -0.1) is 5.10 Å². The summed E-state index contributed by atoms with van der Waals surface area (Å²) in [6.07, 6.45) is 0. The number of hydrogen-bond donors (Lipinski definition) is 0. The number of fused-ring (bicyclic) bond motifs is 4. The van der Waals surface area contributed by atoms with Crippen molar-refractivity contribution in [1.29, 1.82) is 0 Å². The topological polar surface area (TPSA) is 47.9 Å². The third-order valence-electron chi connectivity index (χ3n) is 4.85. The highest BCUT2D eigenvalue weighted by Gasteiger charge is 2.34. The van der Waals surface area contributed by atoms with Crippen LogP contribution in [0.25, 0.3) is 10.8 Å². The van der Waals surface area contributed by atoms with Crippen LogP contribution >= 0.6 is 11.6 Å². The molecule has 0 bridgehead atoms. The molecule has 0 aliphatic carbocycles. The minimum absolute atomic E-state index is 0.115. The Balaban J connectivity index is 1.87. The molecule has 0 N–H and O–H groups in total. The molecule has 4 aromatic rings. The first-order chi connectivity index (χ1) is 12.7. The number of halogens is 1. The van der Waals surface area contributed by atoms with E-state index in [2.05, 4.69) is 64.8 Å². The van der Waals surface area contributed by atoms with Crippen molar-refractivity contribution in [3.63, 3.8) is 0 Å². The number of ether oxygens (including phenoxy) is 1. The molecule has 1 unspecified atom stereocenters. The molecule has 0 saturated heterocycles. The first kappa shape index (κ1) is 15.3. The molecule has 5 heteroatoms. The van der Waals surface area contributed by atoms with Crippen molar-refractivity contribution in [3.8, 4) is 11.6 Å². The van der Waals surface area contributed by atoms with Gasteiger partial charge in [0.15, 0.2) is 5.15 Å². The summed E-state index contributed by atoms with van der Waals surface area (Å²) in [6.45, 7) is 2.07. The Morgan fingerprint density at radius 2 is 1.69 bits per heavy atom. The minimum atomic E-state index is -0.115. The fraction of sp³-hybridized carbons (Fsp3) is 0.0952. The molecule has 0 amide bonds. The lowest BCUT2D eigenvalue weighted by Gasteiger charge is -2.28. The van der Waals surface area contributed by atoms with E-state index in [9.17, 15) is 0 Å². The standard InChI is InChI=1S/C21H14ClN3O/c1-12-6-8-14(9-7-12)17-18-15-5-3-2-4-13(15)10-11-16(18)26-21-19(17)20(22)23-25-24-21/h2-11,17H,1H3. The molecule has 26 heavy (non-hydrogen) atoms. The second-order valence-corrected chi connectivity index (χ2v) is 6.80. The molecule has 1 atom stereocenters. The smallest absolute Gasteiger partial charge is 0.248 e. The molecular weight excluding hydrogens is 346 g/mol. The lowest BCUT2D eigenvalue weighted by Crippen LogP contribution is -2.15. The lowest BCUT2D eigenvalue weighted by atomic mass is 9.81. The Kier molecular flexibility index (Phi) is 3.40. The van der Waals surface area contributed by atoms with E-state index in [0.717, 1.165) is 33.2 Å². The summed E-state index contributed by atoms with van der Waals surface area (Å²) in [7, 11) is 0. The van der Waals surface area contributed by atoms with Crippen molar-refractivity contribution in [1.82, 2.24) is 15.4 Å². The summed E-state index contributed by atoms with van der Waals surface area (Å²) < 4.78 is 6.04. The Hall–Kier alpha value is -2.98. The Morgan fingerprint density at radius 1 is 0.885 bits per heavy atom. The number of aromatic nitrogens is 3. The van der Waals surface area contributed by atoms with Crippen LogP contribution in [0.1, 0.15) is 28.2 Å². The van der Waals surface area contributed by atoms with Crippen LogP contribution in [0.3, 0.4) is 0 Å². The molecule has 0 fully saturated rings. The first-order valence-electron chi connectivity index (χ1n) is 8.37. The fourth-order valence-corrected chi connectivity index (χ4v) is 3.84. The molecule has 1 aromatic heterocycles. The third kappa shape index (κ3) is 2.26. The van der Waals surface area contributed by atoms with Crippen molar-refractivity contribution >= 4 is 22.4 Å². The van der Waals surface area contributed by atoms with Gasteiger partial charge in [-0.2, -0.15) is 0 Å². The maximum Gasteiger partial charge on any atom is 0.248 e. The van der Waals surface area contributed by atoms with Crippen molar-refractivity contribution < 1.29 is 4.74 Å². The number of aryl methyl sites for hydroxylation is 1. The van der Waals surface area contributed by atoms with Gasteiger partial charge in [0.2, 0.25) is 5.88 Å². The van der Waals surface area contributed by atoms with Gasteiger partial charge in [-0.1, -0.05) is 76.9 Å². The van der Waals surface area contributed by atoms with Gasteiger partial charge < -0.3 is 4.74 Å². The van der Waals surface area contributed by atoms with Crippen molar-refractivity contribution in [2.45, 2.75) is 12.8 Å². The van der Waals surface area contributed by atoms with E-state index in [0.29, 0.717) is 11.0 Å². The van der Waals surface area contributed by atoms with E-state index >= 15 is 0 Å². The zero-order valence-electron chi connectivity index (χ0n) is 14.0. The first-order valence-corrected chi connectivity index (χ1v) is 8.75. The van der Waals surface area contributed by atoms with Crippen LogP contribution in [0.5, 0.6) is 11.6 Å². The van der Waals surface area contributed by atoms with Gasteiger partial charge in [0, 0.05) is 11.5 Å². The van der Waals surface area contributed by atoms with Gasteiger partial charge in [-0.3, -0.25) is 0 Å². The highest BCUT2D eigenvalue weighted by atomic mass is 35.5. The van der Waals surface area contributed by atoms with Crippen LogP contribution in [0.15, 0.2) is 60.7 Å². The van der Waals surface area contributed by atoms with Crippen LogP contribution in [-0.4, -0.2) is 15.4 Å². The maximum absolute atomic E-state index is 6.44. The lowest BCUT2D eigenvalue weighted by molar-refractivity contribution is 0.422. The van der Waals surface area contributed by atoms with Crippen LogP contribution in [0, 0.1) is 6.92 Å². The number of benzene rings is 3. The van der Waals surface area contributed by atoms with E-state index in [4.69, 9.17) is 16.3 Å². The van der Waals surface area contributed by atoms with Gasteiger partial charge in [-0.25, -0.2) is 0 Å². The number of hydrogen-bond acceptors (Lipinski definition) is 4. The molecule has 0 saturated carbocycles. The van der Waals surface area contributed by atoms with E-state index in [1.807, 2.05) is 18.2 Å². The second-order valence-electron chi connectivity index (χ2n) is 6.44. The fourth-order valence-electron chi connectivity index (χ4n) is 3.62. The molecule has 5 rings (SSSR count). The summed E-state index contributed by atoms with van der Waals surface area (Å²) in [4.78, 5) is 0. The molecule has 1 aliphatic rings. The highest BCUT2D eigenvalue weighted by molar-refractivity contribution is 6.30. The Labute approximate surface area is 155 Å². The van der Waals surface area contributed by atoms with E-state index < -0.39 is 0 Å². The minimum Gasteiger partial charge on any atom is -0.437 e. The number of rotatable bonds is 1. The predicted octanol–water partition coefficient (Wildman–Crippen LogP) is 5.27. The SMILES string of the molecule is Cc1ccc(C2c3c(Cl)nnnc3Oc3ccc4ccccc4c32)cc1. The van der Waals surface area contributed by atoms with Crippen LogP contribution in [0.4, 0.5) is 0 Å². The molecule has 0 spiro atoms. The molecule has 4 nitrogen and oxygen atoms in total. The third-order valence-corrected chi connectivity index (χ3v) is 5.13. The van der Waals surface area contributed by atoms with Crippen molar-refractivity contribution in [3.05, 3.63) is 88.1 Å². The zero-order valence-corrected chi connectivity index (χ0v) is 14.7. The predicted molar refractivity (Wildman–Crippen MR) is 101 cm³/mol. The largest absolute Gasteiger partial charge is 0.437 e.